The SMILES string of the molecule is COc1c(C)c(CO)cc2c1C(=O)OC(C)(C)C2. The number of fused-ring (bicyclic) bond motifs is 1. The Kier molecular flexibility index (Phi) is 3.07. The number of carbonyl (C=O) groups is 1. The molecule has 1 aromatic rings. The maximum absolute atomic E-state index is 12.1. The van der Waals surface area contributed by atoms with Crippen molar-refractivity contribution in [3.8, 4) is 5.75 Å². The Morgan fingerprint density at radius 2 is 2.17 bits per heavy atom. The molecule has 0 aliphatic carbocycles. The normalized spacial score (nSPS) is 17.1. The molecule has 0 saturated carbocycles. The van der Waals surface area contributed by atoms with E-state index < -0.39 is 5.60 Å². The van der Waals surface area contributed by atoms with Gasteiger partial charge in [-0.25, -0.2) is 4.79 Å². The van der Waals surface area contributed by atoms with Gasteiger partial charge in [0.25, 0.3) is 0 Å². The van der Waals surface area contributed by atoms with Crippen molar-refractivity contribution in [2.24, 2.45) is 0 Å². The lowest BCUT2D eigenvalue weighted by molar-refractivity contribution is -0.00695. The number of esters is 1. The van der Waals surface area contributed by atoms with E-state index in [2.05, 4.69) is 0 Å². The molecule has 0 aromatic heterocycles. The van der Waals surface area contributed by atoms with Crippen molar-refractivity contribution in [3.63, 3.8) is 0 Å². The van der Waals surface area contributed by atoms with Gasteiger partial charge in [0.15, 0.2) is 0 Å². The second-order valence-corrected chi connectivity index (χ2v) is 5.21. The summed E-state index contributed by atoms with van der Waals surface area (Å²) in [5.41, 5.74) is 2.43. The number of aliphatic hydroxyl groups is 1. The second-order valence-electron chi connectivity index (χ2n) is 5.21. The minimum Gasteiger partial charge on any atom is -0.496 e. The van der Waals surface area contributed by atoms with Gasteiger partial charge >= 0.3 is 5.97 Å². The number of cyclic esters (lactones) is 1. The van der Waals surface area contributed by atoms with E-state index >= 15 is 0 Å². The standard InChI is InChI=1S/C14H18O4/c1-8-10(7-15)5-9-6-14(2,3)18-13(16)11(9)12(8)17-4/h5,15H,6-7H2,1-4H3. The van der Waals surface area contributed by atoms with Gasteiger partial charge in [-0.1, -0.05) is 6.07 Å². The van der Waals surface area contributed by atoms with Crippen LogP contribution in [-0.2, 0) is 17.8 Å². The van der Waals surface area contributed by atoms with Crippen LogP contribution in [-0.4, -0.2) is 23.8 Å². The van der Waals surface area contributed by atoms with Gasteiger partial charge in [0, 0.05) is 6.42 Å². The molecule has 2 rings (SSSR count). The minimum atomic E-state index is -0.517. The van der Waals surface area contributed by atoms with Gasteiger partial charge in [-0.3, -0.25) is 0 Å². The first-order valence-corrected chi connectivity index (χ1v) is 5.93. The second kappa shape index (κ2) is 4.28. The lowest BCUT2D eigenvalue weighted by Crippen LogP contribution is -2.36. The van der Waals surface area contributed by atoms with Crippen LogP contribution in [0, 0.1) is 6.92 Å². The molecular formula is C14H18O4. The van der Waals surface area contributed by atoms with Crippen molar-refractivity contribution in [1.29, 1.82) is 0 Å². The molecule has 0 radical (unpaired) electrons. The molecule has 18 heavy (non-hydrogen) atoms. The summed E-state index contributed by atoms with van der Waals surface area (Å²) < 4.78 is 10.7. The molecule has 1 aromatic carbocycles. The average Bonchev–Trinajstić information content (AvgIpc) is 2.27. The van der Waals surface area contributed by atoms with Crippen LogP contribution in [0.25, 0.3) is 0 Å². The van der Waals surface area contributed by atoms with Crippen molar-refractivity contribution in [3.05, 3.63) is 28.3 Å². The van der Waals surface area contributed by atoms with Crippen molar-refractivity contribution >= 4 is 5.97 Å². The van der Waals surface area contributed by atoms with E-state index in [1.165, 1.54) is 7.11 Å². The van der Waals surface area contributed by atoms with E-state index in [9.17, 15) is 9.90 Å². The Balaban J connectivity index is 2.67. The Hall–Kier alpha value is -1.55. The summed E-state index contributed by atoms with van der Waals surface area (Å²) in [5, 5.41) is 9.36. The molecule has 1 N–H and O–H groups in total. The highest BCUT2D eigenvalue weighted by molar-refractivity contribution is 5.96. The van der Waals surface area contributed by atoms with E-state index in [0.717, 1.165) is 16.7 Å². The topological polar surface area (TPSA) is 55.8 Å². The van der Waals surface area contributed by atoms with Crippen LogP contribution in [0.15, 0.2) is 6.07 Å². The molecule has 0 amide bonds. The van der Waals surface area contributed by atoms with E-state index in [-0.39, 0.29) is 12.6 Å². The summed E-state index contributed by atoms with van der Waals surface area (Å²) in [4.78, 5) is 12.1. The molecule has 1 heterocycles. The van der Waals surface area contributed by atoms with Crippen molar-refractivity contribution in [1.82, 2.24) is 0 Å². The summed E-state index contributed by atoms with van der Waals surface area (Å²) in [6.45, 7) is 5.51. The molecule has 0 fully saturated rings. The highest BCUT2D eigenvalue weighted by atomic mass is 16.6. The zero-order valence-corrected chi connectivity index (χ0v) is 11.2. The molecule has 0 atom stereocenters. The van der Waals surface area contributed by atoms with Gasteiger partial charge in [-0.2, -0.15) is 0 Å². The summed E-state index contributed by atoms with van der Waals surface area (Å²) in [5.74, 6) is 0.155. The Bertz CT molecular complexity index is 503. The fourth-order valence-corrected chi connectivity index (χ4v) is 2.45. The number of hydrogen-bond acceptors (Lipinski definition) is 4. The van der Waals surface area contributed by atoms with Crippen LogP contribution >= 0.6 is 0 Å². The maximum atomic E-state index is 12.1. The van der Waals surface area contributed by atoms with Crippen molar-refractivity contribution in [2.75, 3.05) is 7.11 Å². The number of aliphatic hydroxyl groups excluding tert-OH is 1. The zero-order chi connectivity index (χ0) is 13.5. The highest BCUT2D eigenvalue weighted by Gasteiger charge is 2.35. The van der Waals surface area contributed by atoms with Gasteiger partial charge in [-0.05, 0) is 37.5 Å². The number of methoxy groups -OCH3 is 1. The van der Waals surface area contributed by atoms with E-state index in [4.69, 9.17) is 9.47 Å². The number of ether oxygens (including phenoxy) is 2. The third-order valence-electron chi connectivity index (χ3n) is 3.28. The minimum absolute atomic E-state index is 0.0645. The first-order chi connectivity index (χ1) is 8.39. The van der Waals surface area contributed by atoms with E-state index in [1.54, 1.807) is 0 Å². The Labute approximate surface area is 107 Å². The molecule has 0 bridgehead atoms. The predicted octanol–water partition coefficient (Wildman–Crippen LogP) is 1.99. The number of benzene rings is 1. The fraction of sp³-hybridized carbons (Fsp3) is 0.500. The lowest BCUT2D eigenvalue weighted by atomic mass is 9.88. The number of rotatable bonds is 2. The van der Waals surface area contributed by atoms with Crippen LogP contribution in [0.5, 0.6) is 5.75 Å². The molecule has 4 heteroatoms. The van der Waals surface area contributed by atoms with Gasteiger partial charge in [0.2, 0.25) is 0 Å². The summed E-state index contributed by atoms with van der Waals surface area (Å²) in [7, 11) is 1.52. The van der Waals surface area contributed by atoms with Gasteiger partial charge in [0.1, 0.15) is 16.9 Å². The zero-order valence-electron chi connectivity index (χ0n) is 11.2. The molecule has 98 valence electrons. The van der Waals surface area contributed by atoms with Crippen LogP contribution < -0.4 is 4.74 Å². The van der Waals surface area contributed by atoms with E-state index in [1.807, 2.05) is 26.8 Å². The van der Waals surface area contributed by atoms with Crippen LogP contribution in [0.4, 0.5) is 0 Å². The first-order valence-electron chi connectivity index (χ1n) is 5.93. The Morgan fingerprint density at radius 3 is 2.72 bits per heavy atom. The summed E-state index contributed by atoms with van der Waals surface area (Å²) in [6.07, 6.45) is 0.623. The predicted molar refractivity (Wildman–Crippen MR) is 66.9 cm³/mol. The lowest BCUT2D eigenvalue weighted by Gasteiger charge is -2.32. The molecule has 0 spiro atoms. The van der Waals surface area contributed by atoms with Gasteiger partial charge in [-0.15, -0.1) is 0 Å². The summed E-state index contributed by atoms with van der Waals surface area (Å²) >= 11 is 0. The summed E-state index contributed by atoms with van der Waals surface area (Å²) in [6, 6.07) is 1.87. The number of carbonyl (C=O) groups excluding carboxylic acids is 1. The first kappa shape index (κ1) is 12.9. The van der Waals surface area contributed by atoms with E-state index in [0.29, 0.717) is 17.7 Å². The smallest absolute Gasteiger partial charge is 0.342 e. The van der Waals surface area contributed by atoms with Crippen LogP contribution in [0.1, 0.15) is 40.9 Å². The monoisotopic (exact) mass is 250 g/mol. The fourth-order valence-electron chi connectivity index (χ4n) is 2.45. The quantitative estimate of drug-likeness (QED) is 0.815. The molecule has 0 unspecified atom stereocenters. The average molecular weight is 250 g/mol. The van der Waals surface area contributed by atoms with Gasteiger partial charge < -0.3 is 14.6 Å². The van der Waals surface area contributed by atoms with Crippen molar-refractivity contribution in [2.45, 2.75) is 39.4 Å². The highest BCUT2D eigenvalue weighted by Crippen LogP contribution is 2.37. The number of hydrogen-bond donors (Lipinski definition) is 1. The Morgan fingerprint density at radius 1 is 1.50 bits per heavy atom. The van der Waals surface area contributed by atoms with Crippen LogP contribution in [0.2, 0.25) is 0 Å². The molecule has 1 aliphatic heterocycles. The third kappa shape index (κ3) is 1.97. The largest absolute Gasteiger partial charge is 0.496 e. The molecule has 4 nitrogen and oxygen atoms in total. The molecule has 1 aliphatic rings. The van der Waals surface area contributed by atoms with Gasteiger partial charge in [0.05, 0.1) is 13.7 Å². The maximum Gasteiger partial charge on any atom is 0.342 e. The van der Waals surface area contributed by atoms with Crippen molar-refractivity contribution < 1.29 is 19.4 Å². The molecular weight excluding hydrogens is 232 g/mol. The molecule has 0 saturated heterocycles. The van der Waals surface area contributed by atoms with Crippen LogP contribution in [0.3, 0.4) is 0 Å². The third-order valence-corrected chi connectivity index (χ3v) is 3.28.